The van der Waals surface area contributed by atoms with E-state index in [1.807, 2.05) is 35.1 Å². The maximum Gasteiger partial charge on any atom is 0.146 e. The molecule has 0 aliphatic rings. The summed E-state index contributed by atoms with van der Waals surface area (Å²) in [4.78, 5) is 18.2. The van der Waals surface area contributed by atoms with Gasteiger partial charge in [-0.05, 0) is 24.5 Å². The predicted molar refractivity (Wildman–Crippen MR) is 131 cm³/mol. The molecule has 10 nitrogen and oxygen atoms in total. The molecule has 178 valence electrons. The lowest BCUT2D eigenvalue weighted by molar-refractivity contribution is 0.184. The number of anilines is 1. The van der Waals surface area contributed by atoms with Gasteiger partial charge in [-0.15, -0.1) is 0 Å². The summed E-state index contributed by atoms with van der Waals surface area (Å²) in [6.45, 7) is 3.15. The number of nitrogens with zero attached hydrogens (tertiary/aromatic N) is 8. The molecule has 0 radical (unpaired) electrons. The van der Waals surface area contributed by atoms with Crippen LogP contribution in [0.1, 0.15) is 36.9 Å². The van der Waals surface area contributed by atoms with Gasteiger partial charge in [0.15, 0.2) is 0 Å². The second-order valence-corrected chi connectivity index (χ2v) is 8.50. The van der Waals surface area contributed by atoms with Crippen LogP contribution in [-0.4, -0.2) is 50.4 Å². The minimum Gasteiger partial charge on any atom is -0.380 e. The van der Waals surface area contributed by atoms with E-state index in [0.29, 0.717) is 31.0 Å². The Morgan fingerprint density at radius 1 is 1.23 bits per heavy atom. The van der Waals surface area contributed by atoms with Crippen LogP contribution in [0.4, 0.5) is 5.82 Å². The second-order valence-electron chi connectivity index (χ2n) is 8.50. The zero-order valence-corrected chi connectivity index (χ0v) is 20.0. The zero-order valence-electron chi connectivity index (χ0n) is 20.0. The molecule has 0 unspecified atom stereocenters. The van der Waals surface area contributed by atoms with Crippen molar-refractivity contribution >= 4 is 16.9 Å². The number of pyridine rings is 1. The Morgan fingerprint density at radius 2 is 2.09 bits per heavy atom. The quantitative estimate of drug-likeness (QED) is 0.370. The number of hydrogen-bond donors (Lipinski definition) is 1. The third-order valence-corrected chi connectivity index (χ3v) is 6.24. The lowest BCUT2D eigenvalue weighted by Crippen LogP contribution is -2.26. The van der Waals surface area contributed by atoms with E-state index in [1.165, 1.54) is 6.33 Å². The van der Waals surface area contributed by atoms with E-state index >= 15 is 0 Å². The van der Waals surface area contributed by atoms with Gasteiger partial charge in [0.2, 0.25) is 0 Å². The molecular weight excluding hydrogens is 442 g/mol. The maximum absolute atomic E-state index is 9.68. The van der Waals surface area contributed by atoms with Gasteiger partial charge < -0.3 is 14.6 Å². The fourth-order valence-electron chi connectivity index (χ4n) is 4.27. The van der Waals surface area contributed by atoms with Crippen LogP contribution in [0, 0.1) is 28.6 Å². The average Bonchev–Trinajstić information content (AvgIpc) is 3.55. The maximum atomic E-state index is 9.68. The summed E-state index contributed by atoms with van der Waals surface area (Å²) in [5, 5.41) is 24.7. The first-order valence-corrected chi connectivity index (χ1v) is 11.3. The van der Waals surface area contributed by atoms with Crippen molar-refractivity contribution in [3.05, 3.63) is 54.4 Å². The highest BCUT2D eigenvalue weighted by Gasteiger charge is 2.22. The van der Waals surface area contributed by atoms with Crippen molar-refractivity contribution in [3.63, 3.8) is 0 Å². The van der Waals surface area contributed by atoms with Crippen LogP contribution in [0.2, 0.25) is 0 Å². The van der Waals surface area contributed by atoms with Gasteiger partial charge in [0.05, 0.1) is 37.0 Å². The first-order chi connectivity index (χ1) is 17.1. The van der Waals surface area contributed by atoms with E-state index in [-0.39, 0.29) is 12.0 Å². The van der Waals surface area contributed by atoms with E-state index in [4.69, 9.17) is 4.74 Å². The van der Waals surface area contributed by atoms with E-state index in [9.17, 15) is 10.5 Å². The Hall–Kier alpha value is -4.28. The number of hydrogen-bond acceptors (Lipinski definition) is 8. The molecule has 0 saturated carbocycles. The van der Waals surface area contributed by atoms with Crippen molar-refractivity contribution in [1.82, 2.24) is 29.7 Å². The number of methoxy groups -OCH3 is 1. The first kappa shape index (κ1) is 23.9. The van der Waals surface area contributed by atoms with Crippen molar-refractivity contribution in [3.8, 4) is 23.4 Å². The molecule has 0 saturated heterocycles. The molecule has 1 N–H and O–H groups in total. The summed E-state index contributed by atoms with van der Waals surface area (Å²) in [6, 6.07) is 8.21. The van der Waals surface area contributed by atoms with E-state index in [0.717, 1.165) is 34.3 Å². The van der Waals surface area contributed by atoms with Crippen LogP contribution in [0.15, 0.2) is 43.2 Å². The highest BCUT2D eigenvalue weighted by molar-refractivity contribution is 5.89. The third kappa shape index (κ3) is 4.98. The highest BCUT2D eigenvalue weighted by Crippen LogP contribution is 2.29. The largest absolute Gasteiger partial charge is 0.380 e. The molecule has 4 aromatic rings. The molecule has 4 rings (SSSR count). The molecule has 0 aliphatic carbocycles. The Labute approximate surface area is 203 Å². The summed E-state index contributed by atoms with van der Waals surface area (Å²) in [6.07, 6.45) is 9.91. The molecular formula is C25H27N9O. The van der Waals surface area contributed by atoms with Gasteiger partial charge >= 0.3 is 0 Å². The van der Waals surface area contributed by atoms with Crippen LogP contribution >= 0.6 is 0 Å². The van der Waals surface area contributed by atoms with E-state index in [2.05, 4.69) is 44.1 Å². The molecule has 0 bridgehead atoms. The fraction of sp³-hybridized carbons (Fsp3) is 0.360. The number of aromatic amines is 1. The smallest absolute Gasteiger partial charge is 0.146 e. The van der Waals surface area contributed by atoms with Crippen molar-refractivity contribution in [2.45, 2.75) is 32.4 Å². The summed E-state index contributed by atoms with van der Waals surface area (Å²) in [7, 11) is 3.53. The molecule has 0 aromatic carbocycles. The molecule has 0 spiro atoms. The number of rotatable bonds is 10. The SMILES string of the molecule is COCc1ccnc(N(C)CC[C@@H](C)[C@H](CC#N)n2cc(-c3ncnc4[nH]ccc34)cn2)c1C#N. The van der Waals surface area contributed by atoms with Crippen LogP contribution < -0.4 is 4.90 Å². The van der Waals surface area contributed by atoms with Crippen molar-refractivity contribution in [2.75, 3.05) is 25.6 Å². The van der Waals surface area contributed by atoms with Crippen molar-refractivity contribution in [1.29, 1.82) is 10.5 Å². The van der Waals surface area contributed by atoms with Gasteiger partial charge in [-0.3, -0.25) is 4.68 Å². The number of H-pyrrole nitrogens is 1. The molecule has 4 aromatic heterocycles. The first-order valence-electron chi connectivity index (χ1n) is 11.3. The standard InChI is InChI=1S/C25H27N9O/c1-17(7-11-33(2)25-21(12-27)18(15-35-3)5-9-29-25)22(4-8-26)34-14-19(13-32-34)23-20-6-10-28-24(20)31-16-30-23/h5-6,9-10,13-14,16-17,22H,4,7,11,15H2,1-3H3,(H,28,30,31)/t17-,22+/m1/s1. The summed E-state index contributed by atoms with van der Waals surface area (Å²) in [5.74, 6) is 0.780. The van der Waals surface area contributed by atoms with E-state index in [1.54, 1.807) is 25.6 Å². The second kappa shape index (κ2) is 10.8. The Balaban J connectivity index is 1.50. The van der Waals surface area contributed by atoms with Crippen LogP contribution in [0.25, 0.3) is 22.3 Å². The number of aromatic nitrogens is 6. The average molecular weight is 470 g/mol. The highest BCUT2D eigenvalue weighted by atomic mass is 16.5. The van der Waals surface area contributed by atoms with Gasteiger partial charge in [0.1, 0.15) is 29.4 Å². The van der Waals surface area contributed by atoms with Crippen molar-refractivity contribution < 1.29 is 4.74 Å². The normalized spacial score (nSPS) is 12.7. The van der Waals surface area contributed by atoms with Gasteiger partial charge in [-0.2, -0.15) is 15.6 Å². The molecule has 4 heterocycles. The molecule has 0 amide bonds. The number of nitriles is 2. The third-order valence-electron chi connectivity index (χ3n) is 6.24. The van der Waals surface area contributed by atoms with Crippen molar-refractivity contribution in [2.24, 2.45) is 5.92 Å². The summed E-state index contributed by atoms with van der Waals surface area (Å²) < 4.78 is 7.08. The summed E-state index contributed by atoms with van der Waals surface area (Å²) in [5.41, 5.74) is 3.79. The minimum atomic E-state index is -0.103. The molecule has 35 heavy (non-hydrogen) atoms. The Kier molecular flexibility index (Phi) is 7.34. The van der Waals surface area contributed by atoms with E-state index < -0.39 is 0 Å². The van der Waals surface area contributed by atoms with Crippen LogP contribution in [0.5, 0.6) is 0 Å². The lowest BCUT2D eigenvalue weighted by Gasteiger charge is -2.26. The Morgan fingerprint density at radius 3 is 2.86 bits per heavy atom. The van der Waals surface area contributed by atoms with Gasteiger partial charge in [-0.1, -0.05) is 6.92 Å². The summed E-state index contributed by atoms with van der Waals surface area (Å²) >= 11 is 0. The van der Waals surface area contributed by atoms with Gasteiger partial charge in [-0.25, -0.2) is 15.0 Å². The predicted octanol–water partition coefficient (Wildman–Crippen LogP) is 3.85. The Bertz CT molecular complexity index is 1380. The van der Waals surface area contributed by atoms with Gasteiger partial charge in [0.25, 0.3) is 0 Å². The van der Waals surface area contributed by atoms with Gasteiger partial charge in [0, 0.05) is 55.8 Å². The van der Waals surface area contributed by atoms with Crippen LogP contribution in [-0.2, 0) is 11.3 Å². The van der Waals surface area contributed by atoms with Crippen LogP contribution in [0.3, 0.4) is 0 Å². The topological polar surface area (TPSA) is 132 Å². The zero-order chi connectivity index (χ0) is 24.8. The fourth-order valence-corrected chi connectivity index (χ4v) is 4.27. The molecule has 0 aliphatic heterocycles. The molecule has 2 atom stereocenters. The number of ether oxygens (including phenoxy) is 1. The lowest BCUT2D eigenvalue weighted by atomic mass is 9.95. The number of fused-ring (bicyclic) bond motifs is 1. The number of nitrogens with one attached hydrogen (secondary N) is 1. The minimum absolute atomic E-state index is 0.103. The monoisotopic (exact) mass is 469 g/mol. The molecule has 0 fully saturated rings. The molecule has 10 heteroatoms.